The Labute approximate surface area is 206 Å². The minimum atomic E-state index is -3.85. The van der Waals surface area contributed by atoms with Gasteiger partial charge in [-0.1, -0.05) is 25.1 Å². The van der Waals surface area contributed by atoms with Crippen molar-refractivity contribution in [1.29, 1.82) is 0 Å². The van der Waals surface area contributed by atoms with Crippen LogP contribution in [0, 0.1) is 0 Å². The Hall–Kier alpha value is -3.72. The van der Waals surface area contributed by atoms with Crippen molar-refractivity contribution in [2.24, 2.45) is 0 Å². The van der Waals surface area contributed by atoms with E-state index in [2.05, 4.69) is 5.32 Å². The number of rotatable bonds is 11. The molecule has 186 valence electrons. The highest BCUT2D eigenvalue weighted by Crippen LogP contribution is 2.31. The molecule has 0 saturated carbocycles. The number of nitrogens with one attached hydrogen (secondary N) is 1. The number of carbonyl (C=O) groups excluding carboxylic acids is 1. The summed E-state index contributed by atoms with van der Waals surface area (Å²) < 4.78 is 43.6. The van der Waals surface area contributed by atoms with E-state index < -0.39 is 10.0 Å². The first-order valence-corrected chi connectivity index (χ1v) is 12.6. The Morgan fingerprint density at radius 2 is 1.60 bits per heavy atom. The fourth-order valence-electron chi connectivity index (χ4n) is 3.39. The molecule has 0 atom stereocenters. The number of ether oxygens (including phenoxy) is 3. The maximum absolute atomic E-state index is 13.1. The third kappa shape index (κ3) is 6.05. The topological polar surface area (TPSA) is 94.2 Å². The van der Waals surface area contributed by atoms with Gasteiger partial charge in [0.15, 0.2) is 11.5 Å². The number of nitrogens with zero attached hydrogens (tertiary/aromatic N) is 1. The Kier molecular flexibility index (Phi) is 8.59. The lowest BCUT2D eigenvalue weighted by Gasteiger charge is -2.21. The maximum Gasteiger partial charge on any atom is 0.264 e. The molecule has 3 rings (SSSR count). The minimum Gasteiger partial charge on any atom is -0.495 e. The van der Waals surface area contributed by atoms with Gasteiger partial charge in [-0.3, -0.25) is 9.10 Å². The molecule has 0 aliphatic heterocycles. The van der Waals surface area contributed by atoms with Crippen LogP contribution in [0.5, 0.6) is 17.2 Å². The summed E-state index contributed by atoms with van der Waals surface area (Å²) in [5, 5.41) is 2.84. The van der Waals surface area contributed by atoms with Crippen LogP contribution in [0.1, 0.15) is 29.3 Å². The summed E-state index contributed by atoms with van der Waals surface area (Å²) in [5.74, 6) is 1.37. The van der Waals surface area contributed by atoms with Crippen LogP contribution in [0.25, 0.3) is 0 Å². The van der Waals surface area contributed by atoms with Crippen LogP contribution in [-0.2, 0) is 16.6 Å². The molecule has 0 fully saturated rings. The number of para-hydroxylation sites is 2. The molecule has 0 spiro atoms. The smallest absolute Gasteiger partial charge is 0.264 e. The van der Waals surface area contributed by atoms with Crippen molar-refractivity contribution < 1.29 is 27.4 Å². The summed E-state index contributed by atoms with van der Waals surface area (Å²) >= 11 is 0. The summed E-state index contributed by atoms with van der Waals surface area (Å²) in [6.45, 7) is 2.89. The van der Waals surface area contributed by atoms with Crippen LogP contribution in [0.15, 0.2) is 71.6 Å². The van der Waals surface area contributed by atoms with E-state index in [1.54, 1.807) is 31.4 Å². The van der Waals surface area contributed by atoms with Gasteiger partial charge in [0.05, 0.1) is 31.4 Å². The average molecular weight is 499 g/mol. The molecule has 3 aromatic carbocycles. The van der Waals surface area contributed by atoms with Crippen molar-refractivity contribution in [2.45, 2.75) is 24.8 Å². The molecule has 0 radical (unpaired) electrons. The highest BCUT2D eigenvalue weighted by molar-refractivity contribution is 7.92. The second-order valence-corrected chi connectivity index (χ2v) is 9.65. The third-order valence-corrected chi connectivity index (χ3v) is 7.13. The zero-order valence-corrected chi connectivity index (χ0v) is 21.1. The van der Waals surface area contributed by atoms with Crippen molar-refractivity contribution in [3.63, 3.8) is 0 Å². The first-order valence-electron chi connectivity index (χ1n) is 11.1. The van der Waals surface area contributed by atoms with Gasteiger partial charge in [0.1, 0.15) is 5.75 Å². The van der Waals surface area contributed by atoms with E-state index in [4.69, 9.17) is 14.2 Å². The van der Waals surface area contributed by atoms with E-state index in [0.717, 1.165) is 16.3 Å². The Morgan fingerprint density at radius 3 is 2.26 bits per heavy atom. The van der Waals surface area contributed by atoms with Gasteiger partial charge < -0.3 is 19.5 Å². The van der Waals surface area contributed by atoms with E-state index in [9.17, 15) is 13.2 Å². The number of methoxy groups -OCH3 is 2. The highest BCUT2D eigenvalue weighted by atomic mass is 32.2. The fraction of sp³-hybridized carbons (Fsp3) is 0.269. The molecule has 3 aromatic rings. The van der Waals surface area contributed by atoms with Crippen LogP contribution in [-0.4, -0.2) is 42.2 Å². The normalized spacial score (nSPS) is 11.0. The zero-order chi connectivity index (χ0) is 25.4. The molecule has 0 heterocycles. The van der Waals surface area contributed by atoms with Gasteiger partial charge in [-0.15, -0.1) is 0 Å². The van der Waals surface area contributed by atoms with E-state index in [0.29, 0.717) is 35.1 Å². The van der Waals surface area contributed by atoms with Gasteiger partial charge in [0, 0.05) is 19.2 Å². The summed E-state index contributed by atoms with van der Waals surface area (Å²) in [6, 6.07) is 18.1. The number of benzene rings is 3. The van der Waals surface area contributed by atoms with Crippen molar-refractivity contribution >= 4 is 21.6 Å². The standard InChI is InChI=1S/C26H30N2O6S/c1-5-16-34-24-15-10-19(17-25(24)33-4)18-27-26(29)20-11-13-21(14-12-20)35(30,31)28(2)22-8-6-7-9-23(22)32-3/h6-15,17H,5,16,18H2,1-4H3,(H,27,29). The lowest BCUT2D eigenvalue weighted by molar-refractivity contribution is 0.0950. The molecule has 8 nitrogen and oxygen atoms in total. The quantitative estimate of drug-likeness (QED) is 0.425. The van der Waals surface area contributed by atoms with Gasteiger partial charge >= 0.3 is 0 Å². The lowest BCUT2D eigenvalue weighted by Crippen LogP contribution is -2.27. The van der Waals surface area contributed by atoms with Crippen LogP contribution in [0.3, 0.4) is 0 Å². The van der Waals surface area contributed by atoms with Crippen molar-refractivity contribution in [3.05, 3.63) is 77.9 Å². The SMILES string of the molecule is CCCOc1ccc(CNC(=O)c2ccc(S(=O)(=O)N(C)c3ccccc3OC)cc2)cc1OC. The van der Waals surface area contributed by atoms with Gasteiger partial charge in [-0.25, -0.2) is 8.42 Å². The van der Waals surface area contributed by atoms with Gasteiger partial charge in [-0.2, -0.15) is 0 Å². The third-order valence-electron chi connectivity index (χ3n) is 5.34. The van der Waals surface area contributed by atoms with Crippen molar-refractivity contribution in [1.82, 2.24) is 5.32 Å². The Balaban J connectivity index is 1.69. The number of hydrogen-bond donors (Lipinski definition) is 1. The van der Waals surface area contributed by atoms with E-state index in [-0.39, 0.29) is 17.3 Å². The molecule has 0 aromatic heterocycles. The number of amides is 1. The van der Waals surface area contributed by atoms with Gasteiger partial charge in [0.2, 0.25) is 0 Å². The van der Waals surface area contributed by atoms with E-state index in [1.165, 1.54) is 38.4 Å². The molecule has 0 aliphatic rings. The van der Waals surface area contributed by atoms with Crippen molar-refractivity contribution in [3.8, 4) is 17.2 Å². The highest BCUT2D eigenvalue weighted by Gasteiger charge is 2.24. The molecule has 0 saturated heterocycles. The monoisotopic (exact) mass is 498 g/mol. The van der Waals surface area contributed by atoms with Gasteiger partial charge in [0.25, 0.3) is 15.9 Å². The Bertz CT molecular complexity index is 1260. The average Bonchev–Trinajstić information content (AvgIpc) is 2.90. The zero-order valence-electron chi connectivity index (χ0n) is 20.3. The molecular formula is C26H30N2O6S. The summed E-state index contributed by atoms with van der Waals surface area (Å²) in [5.41, 5.74) is 1.61. The second-order valence-electron chi connectivity index (χ2n) is 7.69. The van der Waals surface area contributed by atoms with E-state index >= 15 is 0 Å². The molecule has 0 aliphatic carbocycles. The maximum atomic E-state index is 13.1. The molecule has 0 bridgehead atoms. The lowest BCUT2D eigenvalue weighted by atomic mass is 10.1. The minimum absolute atomic E-state index is 0.0647. The summed E-state index contributed by atoms with van der Waals surface area (Å²) in [4.78, 5) is 12.7. The molecule has 1 N–H and O–H groups in total. The van der Waals surface area contributed by atoms with Crippen LogP contribution < -0.4 is 23.8 Å². The fourth-order valence-corrected chi connectivity index (χ4v) is 4.60. The second kappa shape index (κ2) is 11.6. The summed E-state index contributed by atoms with van der Waals surface area (Å²) in [7, 11) is 0.664. The predicted octanol–water partition coefficient (Wildman–Crippen LogP) is 4.25. The molecule has 9 heteroatoms. The van der Waals surface area contributed by atoms with Crippen LogP contribution in [0.4, 0.5) is 5.69 Å². The molecule has 1 amide bonds. The number of anilines is 1. The first kappa shape index (κ1) is 25.9. The van der Waals surface area contributed by atoms with E-state index in [1.807, 2.05) is 25.1 Å². The number of hydrogen-bond acceptors (Lipinski definition) is 6. The predicted molar refractivity (Wildman–Crippen MR) is 135 cm³/mol. The number of carbonyl (C=O) groups is 1. The summed E-state index contributed by atoms with van der Waals surface area (Å²) in [6.07, 6.45) is 0.887. The molecular weight excluding hydrogens is 468 g/mol. The Morgan fingerprint density at radius 1 is 0.914 bits per heavy atom. The van der Waals surface area contributed by atoms with Crippen molar-refractivity contribution in [2.75, 3.05) is 32.2 Å². The molecule has 35 heavy (non-hydrogen) atoms. The largest absolute Gasteiger partial charge is 0.495 e. The van der Waals surface area contributed by atoms with Crippen LogP contribution >= 0.6 is 0 Å². The molecule has 0 unspecified atom stereocenters. The first-order chi connectivity index (χ1) is 16.8. The van der Waals surface area contributed by atoms with Gasteiger partial charge in [-0.05, 0) is 60.5 Å². The van der Waals surface area contributed by atoms with Crippen LogP contribution in [0.2, 0.25) is 0 Å². The number of sulfonamides is 1.